The van der Waals surface area contributed by atoms with Crippen molar-refractivity contribution in [2.24, 2.45) is 5.92 Å². The Morgan fingerprint density at radius 3 is 2.27 bits per heavy atom. The lowest BCUT2D eigenvalue weighted by Gasteiger charge is -2.27. The summed E-state index contributed by atoms with van der Waals surface area (Å²) in [6.07, 6.45) is 0.559. The largest absolute Gasteiger partial charge is 0.485 e. The Morgan fingerprint density at radius 1 is 1.04 bits per heavy atom. The van der Waals surface area contributed by atoms with Crippen LogP contribution in [0.2, 0.25) is 0 Å². The number of amides is 1. The second-order valence-corrected chi connectivity index (χ2v) is 7.74. The molecule has 2 aromatic carbocycles. The van der Waals surface area contributed by atoms with Gasteiger partial charge in [0.1, 0.15) is 17.5 Å². The minimum Gasteiger partial charge on any atom is -0.485 e. The molecular weight excluding hydrogens is 326 g/mol. The molecule has 2 aromatic rings. The predicted molar refractivity (Wildman–Crippen MR) is 102 cm³/mol. The van der Waals surface area contributed by atoms with Crippen LogP contribution in [0.1, 0.15) is 38.9 Å². The minimum absolute atomic E-state index is 0.0916. The highest BCUT2D eigenvalue weighted by atomic mass is 16.6. The average Bonchev–Trinajstić information content (AvgIpc) is 3.10. The summed E-state index contributed by atoms with van der Waals surface area (Å²) >= 11 is 0. The first-order valence-electron chi connectivity index (χ1n) is 9.17. The van der Waals surface area contributed by atoms with Gasteiger partial charge in [-0.2, -0.15) is 0 Å². The van der Waals surface area contributed by atoms with E-state index in [1.165, 1.54) is 0 Å². The van der Waals surface area contributed by atoms with Crippen LogP contribution in [0, 0.1) is 5.92 Å². The van der Waals surface area contributed by atoms with E-state index in [0.29, 0.717) is 13.1 Å². The SMILES string of the molecule is CC(C)(C)OC(=O)N1CCC(C(Oc2ccccc2)c2ccccc2)C1. The molecule has 2 atom stereocenters. The Kier molecular flexibility index (Phi) is 5.50. The van der Waals surface area contributed by atoms with E-state index < -0.39 is 5.60 Å². The summed E-state index contributed by atoms with van der Waals surface area (Å²) in [6, 6.07) is 20.1. The van der Waals surface area contributed by atoms with Gasteiger partial charge in [-0.05, 0) is 44.9 Å². The van der Waals surface area contributed by atoms with Crippen molar-refractivity contribution in [3.63, 3.8) is 0 Å². The van der Waals surface area contributed by atoms with Gasteiger partial charge in [-0.1, -0.05) is 48.5 Å². The normalized spacial score (nSPS) is 18.4. The molecule has 138 valence electrons. The van der Waals surface area contributed by atoms with Gasteiger partial charge in [0, 0.05) is 19.0 Å². The van der Waals surface area contributed by atoms with E-state index in [9.17, 15) is 4.79 Å². The van der Waals surface area contributed by atoms with Crippen LogP contribution in [-0.4, -0.2) is 29.7 Å². The summed E-state index contributed by atoms with van der Waals surface area (Å²) in [4.78, 5) is 14.2. The second kappa shape index (κ2) is 7.81. The summed E-state index contributed by atoms with van der Waals surface area (Å²) in [5.74, 6) is 1.07. The molecule has 3 rings (SSSR count). The number of ether oxygens (including phenoxy) is 2. The van der Waals surface area contributed by atoms with Gasteiger partial charge >= 0.3 is 6.09 Å². The first-order valence-corrected chi connectivity index (χ1v) is 9.17. The van der Waals surface area contributed by atoms with Crippen molar-refractivity contribution in [3.8, 4) is 5.75 Å². The highest BCUT2D eigenvalue weighted by molar-refractivity contribution is 5.68. The molecule has 0 aliphatic carbocycles. The van der Waals surface area contributed by atoms with Crippen molar-refractivity contribution < 1.29 is 14.3 Å². The van der Waals surface area contributed by atoms with Crippen LogP contribution >= 0.6 is 0 Å². The van der Waals surface area contributed by atoms with E-state index >= 15 is 0 Å². The fourth-order valence-corrected chi connectivity index (χ4v) is 3.25. The molecule has 0 bridgehead atoms. The van der Waals surface area contributed by atoms with E-state index in [1.54, 1.807) is 4.90 Å². The molecule has 26 heavy (non-hydrogen) atoms. The standard InChI is InChI=1S/C22H27NO3/c1-22(2,3)26-21(24)23-15-14-18(16-23)20(17-10-6-4-7-11-17)25-19-12-8-5-9-13-19/h4-13,18,20H,14-16H2,1-3H3. The molecule has 4 nitrogen and oxygen atoms in total. The molecule has 0 radical (unpaired) electrons. The van der Waals surface area contributed by atoms with Crippen molar-refractivity contribution in [1.82, 2.24) is 4.90 Å². The number of carbonyl (C=O) groups is 1. The van der Waals surface area contributed by atoms with Crippen LogP contribution in [0.15, 0.2) is 60.7 Å². The maximum atomic E-state index is 12.4. The van der Waals surface area contributed by atoms with Crippen LogP contribution < -0.4 is 4.74 Å². The summed E-state index contributed by atoms with van der Waals surface area (Å²) in [6.45, 7) is 7.01. The zero-order chi connectivity index (χ0) is 18.6. The Morgan fingerprint density at radius 2 is 1.65 bits per heavy atom. The lowest BCUT2D eigenvalue weighted by molar-refractivity contribution is 0.0273. The molecule has 1 saturated heterocycles. The summed E-state index contributed by atoms with van der Waals surface area (Å²) in [7, 11) is 0. The monoisotopic (exact) mass is 353 g/mol. The first kappa shape index (κ1) is 18.3. The number of likely N-dealkylation sites (tertiary alicyclic amines) is 1. The lowest BCUT2D eigenvalue weighted by Crippen LogP contribution is -2.36. The second-order valence-electron chi connectivity index (χ2n) is 7.74. The van der Waals surface area contributed by atoms with E-state index in [4.69, 9.17) is 9.47 Å². The van der Waals surface area contributed by atoms with Crippen molar-refractivity contribution in [3.05, 3.63) is 66.2 Å². The highest BCUT2D eigenvalue weighted by Gasteiger charge is 2.35. The fraction of sp³-hybridized carbons (Fsp3) is 0.409. The van der Waals surface area contributed by atoms with E-state index in [0.717, 1.165) is 17.7 Å². The van der Waals surface area contributed by atoms with E-state index in [1.807, 2.05) is 69.3 Å². The van der Waals surface area contributed by atoms with E-state index in [-0.39, 0.29) is 18.1 Å². The third kappa shape index (κ3) is 4.78. The van der Waals surface area contributed by atoms with Crippen molar-refractivity contribution in [2.45, 2.75) is 38.9 Å². The molecule has 1 amide bonds. The molecule has 0 aromatic heterocycles. The molecule has 0 saturated carbocycles. The Bertz CT molecular complexity index is 709. The number of rotatable bonds is 4. The number of carbonyl (C=O) groups excluding carboxylic acids is 1. The Labute approximate surface area is 155 Å². The van der Waals surface area contributed by atoms with Crippen LogP contribution in [0.4, 0.5) is 4.79 Å². The molecule has 2 unspecified atom stereocenters. The van der Waals surface area contributed by atoms with Crippen LogP contribution in [0.25, 0.3) is 0 Å². The smallest absolute Gasteiger partial charge is 0.410 e. The van der Waals surface area contributed by atoms with Gasteiger partial charge in [0.05, 0.1) is 0 Å². The average molecular weight is 353 g/mol. The lowest BCUT2D eigenvalue weighted by atomic mass is 9.95. The summed E-state index contributed by atoms with van der Waals surface area (Å²) in [5.41, 5.74) is 0.654. The predicted octanol–water partition coefficient (Wildman–Crippen LogP) is 5.06. The minimum atomic E-state index is -0.478. The van der Waals surface area contributed by atoms with Gasteiger partial charge in [-0.15, -0.1) is 0 Å². The molecule has 1 heterocycles. The number of hydrogen-bond donors (Lipinski definition) is 0. The zero-order valence-electron chi connectivity index (χ0n) is 15.7. The maximum absolute atomic E-state index is 12.4. The van der Waals surface area contributed by atoms with Gasteiger partial charge in [-0.3, -0.25) is 0 Å². The van der Waals surface area contributed by atoms with E-state index in [2.05, 4.69) is 12.1 Å². The first-order chi connectivity index (χ1) is 12.4. The maximum Gasteiger partial charge on any atom is 0.410 e. The molecule has 0 N–H and O–H groups in total. The molecule has 1 aliphatic heterocycles. The number of benzene rings is 2. The van der Waals surface area contributed by atoms with Crippen molar-refractivity contribution >= 4 is 6.09 Å². The molecule has 0 spiro atoms. The number of nitrogens with zero attached hydrogens (tertiary/aromatic N) is 1. The van der Waals surface area contributed by atoms with Crippen LogP contribution in [-0.2, 0) is 4.74 Å². The van der Waals surface area contributed by atoms with Gasteiger partial charge < -0.3 is 14.4 Å². The van der Waals surface area contributed by atoms with Crippen LogP contribution in [0.5, 0.6) is 5.75 Å². The summed E-state index contributed by atoms with van der Waals surface area (Å²) in [5, 5.41) is 0. The van der Waals surface area contributed by atoms with Gasteiger partial charge in [0.2, 0.25) is 0 Å². The topological polar surface area (TPSA) is 38.8 Å². The number of para-hydroxylation sites is 1. The van der Waals surface area contributed by atoms with Crippen molar-refractivity contribution in [1.29, 1.82) is 0 Å². The van der Waals surface area contributed by atoms with Crippen LogP contribution in [0.3, 0.4) is 0 Å². The Hall–Kier alpha value is -2.49. The molecule has 4 heteroatoms. The van der Waals surface area contributed by atoms with Crippen molar-refractivity contribution in [2.75, 3.05) is 13.1 Å². The third-order valence-corrected chi connectivity index (χ3v) is 4.44. The quantitative estimate of drug-likeness (QED) is 0.771. The van der Waals surface area contributed by atoms with Gasteiger partial charge in [-0.25, -0.2) is 4.79 Å². The zero-order valence-corrected chi connectivity index (χ0v) is 15.7. The molecule has 1 fully saturated rings. The fourth-order valence-electron chi connectivity index (χ4n) is 3.25. The number of hydrogen-bond acceptors (Lipinski definition) is 3. The molecular formula is C22H27NO3. The molecule has 1 aliphatic rings. The Balaban J connectivity index is 1.74. The van der Waals surface area contributed by atoms with Gasteiger partial charge in [0.15, 0.2) is 0 Å². The van der Waals surface area contributed by atoms with Gasteiger partial charge in [0.25, 0.3) is 0 Å². The highest BCUT2D eigenvalue weighted by Crippen LogP contribution is 2.34. The summed E-state index contributed by atoms with van der Waals surface area (Å²) < 4.78 is 11.9. The third-order valence-electron chi connectivity index (χ3n) is 4.44.